The number of nitrogens with one attached hydrogen (secondary N) is 1. The lowest BCUT2D eigenvalue weighted by molar-refractivity contribution is 0.611. The van der Waals surface area contributed by atoms with Crippen molar-refractivity contribution < 1.29 is 0 Å². The molecule has 0 atom stereocenters. The van der Waals surface area contributed by atoms with Crippen molar-refractivity contribution in [2.75, 3.05) is 13.1 Å². The summed E-state index contributed by atoms with van der Waals surface area (Å²) in [5.74, 6) is 0. The van der Waals surface area contributed by atoms with Gasteiger partial charge in [-0.15, -0.1) is 0 Å². The number of piperidine rings is 1. The van der Waals surface area contributed by atoms with E-state index in [9.17, 15) is 0 Å². The number of fused-ring (bicyclic) bond motifs is 1. The first-order valence-corrected chi connectivity index (χ1v) is 8.21. The molecule has 110 valence electrons. The van der Waals surface area contributed by atoms with Gasteiger partial charge in [0, 0.05) is 0 Å². The molecule has 22 heavy (non-hydrogen) atoms. The van der Waals surface area contributed by atoms with E-state index in [2.05, 4.69) is 66.0 Å². The Hall–Kier alpha value is -2.12. The third-order valence-electron chi connectivity index (χ3n) is 4.67. The summed E-state index contributed by atoms with van der Waals surface area (Å²) in [6.45, 7) is 2.19. The van der Waals surface area contributed by atoms with Crippen molar-refractivity contribution in [3.63, 3.8) is 0 Å². The predicted molar refractivity (Wildman–Crippen MR) is 94.4 cm³/mol. The quantitative estimate of drug-likeness (QED) is 0.731. The zero-order chi connectivity index (χ0) is 14.8. The van der Waals surface area contributed by atoms with Crippen LogP contribution < -0.4 is 5.32 Å². The van der Waals surface area contributed by atoms with Crippen molar-refractivity contribution in [2.24, 2.45) is 0 Å². The van der Waals surface area contributed by atoms with Crippen LogP contribution in [0.15, 0.2) is 71.4 Å². The van der Waals surface area contributed by atoms with Crippen LogP contribution in [-0.4, -0.2) is 13.1 Å². The van der Waals surface area contributed by atoms with Crippen LogP contribution in [0.3, 0.4) is 0 Å². The molecule has 1 aromatic carbocycles. The maximum atomic E-state index is 3.48. The highest BCUT2D eigenvalue weighted by Crippen LogP contribution is 2.39. The summed E-state index contributed by atoms with van der Waals surface area (Å²) >= 11 is 0. The molecule has 1 nitrogen and oxygen atoms in total. The molecule has 1 aliphatic heterocycles. The Balaban J connectivity index is 1.99. The van der Waals surface area contributed by atoms with Crippen LogP contribution >= 0.6 is 0 Å². The lowest BCUT2D eigenvalue weighted by atomic mass is 9.86. The van der Waals surface area contributed by atoms with Gasteiger partial charge in [-0.1, -0.05) is 66.3 Å². The molecule has 0 bridgehead atoms. The molecule has 0 radical (unpaired) electrons. The highest BCUT2D eigenvalue weighted by Gasteiger charge is 2.20. The second-order valence-corrected chi connectivity index (χ2v) is 6.06. The van der Waals surface area contributed by atoms with Gasteiger partial charge in [0.25, 0.3) is 0 Å². The van der Waals surface area contributed by atoms with Gasteiger partial charge in [-0.25, -0.2) is 0 Å². The van der Waals surface area contributed by atoms with Crippen molar-refractivity contribution >= 4 is 11.6 Å². The molecular formula is C21H21N. The van der Waals surface area contributed by atoms with Gasteiger partial charge >= 0.3 is 0 Å². The summed E-state index contributed by atoms with van der Waals surface area (Å²) < 4.78 is 0. The molecule has 1 N–H and O–H groups in total. The molecule has 0 unspecified atom stereocenters. The van der Waals surface area contributed by atoms with Crippen LogP contribution in [0.4, 0.5) is 0 Å². The van der Waals surface area contributed by atoms with Crippen molar-refractivity contribution in [1.82, 2.24) is 5.32 Å². The first kappa shape index (κ1) is 13.5. The number of allylic oxidation sites excluding steroid dienone is 8. The van der Waals surface area contributed by atoms with Crippen molar-refractivity contribution in [1.29, 1.82) is 0 Å². The number of hydrogen-bond donors (Lipinski definition) is 1. The first-order chi connectivity index (χ1) is 10.9. The van der Waals surface area contributed by atoms with Crippen LogP contribution in [-0.2, 0) is 0 Å². The minimum absolute atomic E-state index is 1.02. The van der Waals surface area contributed by atoms with Gasteiger partial charge < -0.3 is 5.32 Å². The third-order valence-corrected chi connectivity index (χ3v) is 4.67. The van der Waals surface area contributed by atoms with E-state index in [-0.39, 0.29) is 0 Å². The van der Waals surface area contributed by atoms with E-state index in [1.165, 1.54) is 27.8 Å². The van der Waals surface area contributed by atoms with Crippen LogP contribution in [0.5, 0.6) is 0 Å². The van der Waals surface area contributed by atoms with Gasteiger partial charge in [0.15, 0.2) is 0 Å². The van der Waals surface area contributed by atoms with Crippen LogP contribution in [0.2, 0.25) is 0 Å². The van der Waals surface area contributed by atoms with Gasteiger partial charge in [-0.05, 0) is 60.2 Å². The standard InChI is InChI=1S/C21H21N/c1-2-6-16-10-11-17-7-4-5-9-20(17)21(19(16)8-3-1)18-12-14-22-15-13-18/h2-11,22H,1,12-15H2. The minimum Gasteiger partial charge on any atom is -0.316 e. The average molecular weight is 287 g/mol. The lowest BCUT2D eigenvalue weighted by Crippen LogP contribution is -2.24. The molecule has 1 heteroatoms. The molecule has 1 fully saturated rings. The molecule has 1 aromatic rings. The Morgan fingerprint density at radius 3 is 2.55 bits per heavy atom. The van der Waals surface area contributed by atoms with Gasteiger partial charge in [0.2, 0.25) is 0 Å². The fraction of sp³-hybridized carbons (Fsp3) is 0.238. The molecule has 0 saturated carbocycles. The summed E-state index contributed by atoms with van der Waals surface area (Å²) in [6, 6.07) is 8.81. The van der Waals surface area contributed by atoms with Crippen LogP contribution in [0.25, 0.3) is 11.6 Å². The van der Waals surface area contributed by atoms with E-state index in [4.69, 9.17) is 0 Å². The SMILES string of the molecule is C1=CC2=C(C=CC1)C(=C1CCNCC1)c1ccccc1C=C2. The first-order valence-electron chi connectivity index (χ1n) is 8.21. The number of hydrogen-bond acceptors (Lipinski definition) is 1. The van der Waals surface area contributed by atoms with Gasteiger partial charge in [0.1, 0.15) is 0 Å². The van der Waals surface area contributed by atoms with Gasteiger partial charge in [0.05, 0.1) is 0 Å². The zero-order valence-electron chi connectivity index (χ0n) is 12.8. The summed E-state index contributed by atoms with van der Waals surface area (Å²) in [7, 11) is 0. The molecule has 3 aliphatic rings. The monoisotopic (exact) mass is 287 g/mol. The number of rotatable bonds is 0. The highest BCUT2D eigenvalue weighted by atomic mass is 14.9. The molecular weight excluding hydrogens is 266 g/mol. The summed E-state index contributed by atoms with van der Waals surface area (Å²) in [5.41, 5.74) is 8.53. The van der Waals surface area contributed by atoms with E-state index in [1.54, 1.807) is 5.57 Å². The van der Waals surface area contributed by atoms with E-state index < -0.39 is 0 Å². The van der Waals surface area contributed by atoms with Gasteiger partial charge in [-0.2, -0.15) is 0 Å². The van der Waals surface area contributed by atoms with E-state index >= 15 is 0 Å². The average Bonchev–Trinajstić information content (AvgIpc) is 2.88. The minimum atomic E-state index is 1.02. The predicted octanol–water partition coefficient (Wildman–Crippen LogP) is 4.66. The summed E-state index contributed by atoms with van der Waals surface area (Å²) in [5, 5.41) is 3.48. The highest BCUT2D eigenvalue weighted by molar-refractivity contribution is 5.92. The van der Waals surface area contributed by atoms with Crippen molar-refractivity contribution in [3.8, 4) is 0 Å². The molecule has 1 heterocycles. The van der Waals surface area contributed by atoms with Crippen LogP contribution in [0, 0.1) is 0 Å². The Kier molecular flexibility index (Phi) is 3.65. The molecule has 4 rings (SSSR count). The summed E-state index contributed by atoms with van der Waals surface area (Å²) in [4.78, 5) is 0. The molecule has 0 amide bonds. The van der Waals surface area contributed by atoms with E-state index in [0.717, 1.165) is 32.4 Å². The maximum Gasteiger partial charge on any atom is -0.00111 e. The second-order valence-electron chi connectivity index (χ2n) is 6.06. The lowest BCUT2D eigenvalue weighted by Gasteiger charge is -2.22. The van der Waals surface area contributed by atoms with Crippen molar-refractivity contribution in [3.05, 3.63) is 82.5 Å². The van der Waals surface area contributed by atoms with Crippen molar-refractivity contribution in [2.45, 2.75) is 19.3 Å². The zero-order valence-corrected chi connectivity index (χ0v) is 12.8. The topological polar surface area (TPSA) is 12.0 Å². The molecule has 2 aliphatic carbocycles. The Bertz CT molecular complexity index is 733. The van der Waals surface area contributed by atoms with Gasteiger partial charge in [-0.3, -0.25) is 0 Å². The summed E-state index contributed by atoms with van der Waals surface area (Å²) in [6.07, 6.45) is 17.0. The third kappa shape index (κ3) is 2.42. The smallest absolute Gasteiger partial charge is 0.00111 e. The number of benzene rings is 1. The van der Waals surface area contributed by atoms with E-state index in [1.807, 2.05) is 0 Å². The fourth-order valence-electron chi connectivity index (χ4n) is 3.57. The normalized spacial score (nSPS) is 20.5. The van der Waals surface area contributed by atoms with E-state index in [0.29, 0.717) is 0 Å². The molecule has 0 aromatic heterocycles. The largest absolute Gasteiger partial charge is 0.316 e. The molecule has 1 saturated heterocycles. The fourth-order valence-corrected chi connectivity index (χ4v) is 3.57. The molecule has 0 spiro atoms. The second kappa shape index (κ2) is 5.94. The Morgan fingerprint density at radius 2 is 1.64 bits per heavy atom. The Morgan fingerprint density at radius 1 is 0.818 bits per heavy atom. The Labute approximate surface area is 132 Å². The maximum absolute atomic E-state index is 3.48. The van der Waals surface area contributed by atoms with Crippen LogP contribution in [0.1, 0.15) is 30.4 Å².